The predicted octanol–water partition coefficient (Wildman–Crippen LogP) is 3.38. The van der Waals surface area contributed by atoms with E-state index >= 15 is 0 Å². The van der Waals surface area contributed by atoms with Gasteiger partial charge < -0.3 is 4.90 Å². The van der Waals surface area contributed by atoms with Crippen molar-refractivity contribution in [2.45, 2.75) is 33.4 Å². The van der Waals surface area contributed by atoms with Crippen LogP contribution in [0.25, 0.3) is 10.8 Å². The second-order valence-corrected chi connectivity index (χ2v) is 6.92. The second kappa shape index (κ2) is 6.24. The van der Waals surface area contributed by atoms with Crippen LogP contribution in [0.4, 0.5) is 0 Å². The SMILES string of the molecule is CC(C)Cc1ncc2c(n1)CN(C(=O)c1cccc3cnccc13)C2. The molecule has 1 aliphatic heterocycles. The van der Waals surface area contributed by atoms with Crippen molar-refractivity contribution in [3.63, 3.8) is 0 Å². The van der Waals surface area contributed by atoms with Gasteiger partial charge in [0.1, 0.15) is 5.82 Å². The Morgan fingerprint density at radius 2 is 2.08 bits per heavy atom. The van der Waals surface area contributed by atoms with E-state index in [9.17, 15) is 4.79 Å². The van der Waals surface area contributed by atoms with Crippen LogP contribution in [-0.4, -0.2) is 25.8 Å². The van der Waals surface area contributed by atoms with E-state index in [2.05, 4.69) is 28.8 Å². The number of nitrogens with zero attached hydrogens (tertiary/aromatic N) is 4. The van der Waals surface area contributed by atoms with Crippen LogP contribution in [0.1, 0.15) is 41.3 Å². The average molecular weight is 332 g/mol. The van der Waals surface area contributed by atoms with E-state index in [1.165, 1.54) is 0 Å². The summed E-state index contributed by atoms with van der Waals surface area (Å²) in [6, 6.07) is 7.65. The van der Waals surface area contributed by atoms with E-state index in [1.54, 1.807) is 12.4 Å². The highest BCUT2D eigenvalue weighted by Crippen LogP contribution is 2.25. The van der Waals surface area contributed by atoms with Crippen LogP contribution in [0.2, 0.25) is 0 Å². The predicted molar refractivity (Wildman–Crippen MR) is 95.9 cm³/mol. The van der Waals surface area contributed by atoms with Gasteiger partial charge in [0.15, 0.2) is 0 Å². The molecule has 0 fully saturated rings. The molecule has 25 heavy (non-hydrogen) atoms. The molecule has 126 valence electrons. The molecule has 2 aromatic heterocycles. The van der Waals surface area contributed by atoms with E-state index in [-0.39, 0.29) is 5.91 Å². The Kier molecular flexibility index (Phi) is 3.92. The van der Waals surface area contributed by atoms with Gasteiger partial charge >= 0.3 is 0 Å². The summed E-state index contributed by atoms with van der Waals surface area (Å²) >= 11 is 0. The molecular weight excluding hydrogens is 312 g/mol. The van der Waals surface area contributed by atoms with Gasteiger partial charge in [-0.25, -0.2) is 9.97 Å². The molecule has 1 aromatic carbocycles. The van der Waals surface area contributed by atoms with Gasteiger partial charge in [0.25, 0.3) is 5.91 Å². The van der Waals surface area contributed by atoms with Crippen molar-refractivity contribution >= 4 is 16.7 Å². The van der Waals surface area contributed by atoms with Crippen LogP contribution in [-0.2, 0) is 19.5 Å². The van der Waals surface area contributed by atoms with Crippen LogP contribution in [0.15, 0.2) is 42.9 Å². The first-order valence-electron chi connectivity index (χ1n) is 8.57. The minimum atomic E-state index is 0.0280. The number of hydrogen-bond donors (Lipinski definition) is 0. The molecule has 5 nitrogen and oxygen atoms in total. The monoisotopic (exact) mass is 332 g/mol. The molecule has 3 aromatic rings. The van der Waals surface area contributed by atoms with Crippen molar-refractivity contribution < 1.29 is 4.79 Å². The van der Waals surface area contributed by atoms with Crippen LogP contribution in [0, 0.1) is 5.92 Å². The van der Waals surface area contributed by atoms with Gasteiger partial charge in [-0.3, -0.25) is 9.78 Å². The highest BCUT2D eigenvalue weighted by Gasteiger charge is 2.27. The first kappa shape index (κ1) is 15.7. The fraction of sp³-hybridized carbons (Fsp3) is 0.300. The number of fused-ring (bicyclic) bond motifs is 2. The zero-order valence-electron chi connectivity index (χ0n) is 14.4. The topological polar surface area (TPSA) is 59.0 Å². The van der Waals surface area contributed by atoms with Crippen LogP contribution >= 0.6 is 0 Å². The molecule has 0 saturated heterocycles. The third-order valence-corrected chi connectivity index (χ3v) is 4.50. The Bertz CT molecular complexity index is 946. The standard InChI is InChI=1S/C20H20N4O/c1-13(2)8-19-22-10-15-11-24(12-18(15)23-19)20(25)17-5-3-4-14-9-21-7-6-16(14)17/h3-7,9-10,13H,8,11-12H2,1-2H3. The molecule has 0 unspecified atom stereocenters. The summed E-state index contributed by atoms with van der Waals surface area (Å²) in [5.74, 6) is 1.40. The third kappa shape index (κ3) is 2.97. The van der Waals surface area contributed by atoms with Gasteiger partial charge in [-0.1, -0.05) is 26.0 Å². The van der Waals surface area contributed by atoms with Gasteiger partial charge in [-0.15, -0.1) is 0 Å². The normalized spacial score (nSPS) is 13.5. The fourth-order valence-corrected chi connectivity index (χ4v) is 3.28. The van der Waals surface area contributed by atoms with Gasteiger partial charge in [-0.05, 0) is 23.4 Å². The Morgan fingerprint density at radius 3 is 2.92 bits per heavy atom. The number of rotatable bonds is 3. The lowest BCUT2D eigenvalue weighted by Gasteiger charge is -2.16. The van der Waals surface area contributed by atoms with E-state index in [4.69, 9.17) is 0 Å². The molecule has 0 spiro atoms. The summed E-state index contributed by atoms with van der Waals surface area (Å²) in [6.07, 6.45) is 6.24. The molecule has 0 bridgehead atoms. The molecule has 0 radical (unpaired) electrons. The summed E-state index contributed by atoms with van der Waals surface area (Å²) in [4.78, 5) is 28.1. The molecule has 0 N–H and O–H groups in total. The molecule has 5 heteroatoms. The van der Waals surface area contributed by atoms with Crippen molar-refractivity contribution in [1.29, 1.82) is 0 Å². The number of benzene rings is 1. The number of pyridine rings is 1. The molecular formula is C20H20N4O. The van der Waals surface area contributed by atoms with Gasteiger partial charge in [0, 0.05) is 48.1 Å². The Balaban J connectivity index is 1.61. The van der Waals surface area contributed by atoms with Crippen LogP contribution in [0.5, 0.6) is 0 Å². The van der Waals surface area contributed by atoms with Crippen LogP contribution in [0.3, 0.4) is 0 Å². The average Bonchev–Trinajstić information content (AvgIpc) is 3.03. The van der Waals surface area contributed by atoms with E-state index in [0.29, 0.717) is 24.6 Å². The lowest BCUT2D eigenvalue weighted by atomic mass is 10.1. The maximum Gasteiger partial charge on any atom is 0.255 e. The number of aromatic nitrogens is 3. The van der Waals surface area contributed by atoms with Crippen molar-refractivity contribution in [2.75, 3.05) is 0 Å². The lowest BCUT2D eigenvalue weighted by Crippen LogP contribution is -2.25. The van der Waals surface area contributed by atoms with E-state index in [1.807, 2.05) is 35.4 Å². The van der Waals surface area contributed by atoms with Crippen LogP contribution < -0.4 is 0 Å². The van der Waals surface area contributed by atoms with E-state index < -0.39 is 0 Å². The highest BCUT2D eigenvalue weighted by atomic mass is 16.2. The number of carbonyl (C=O) groups excluding carboxylic acids is 1. The molecule has 1 amide bonds. The van der Waals surface area contributed by atoms with Gasteiger partial charge in [0.2, 0.25) is 0 Å². The summed E-state index contributed by atoms with van der Waals surface area (Å²) in [5.41, 5.74) is 2.73. The molecule has 1 aliphatic rings. The maximum atomic E-state index is 13.0. The Labute approximate surface area is 146 Å². The fourth-order valence-electron chi connectivity index (χ4n) is 3.28. The Hall–Kier alpha value is -2.82. The quantitative estimate of drug-likeness (QED) is 0.738. The maximum absolute atomic E-state index is 13.0. The number of carbonyl (C=O) groups is 1. The van der Waals surface area contributed by atoms with Crippen molar-refractivity contribution in [1.82, 2.24) is 19.9 Å². The third-order valence-electron chi connectivity index (χ3n) is 4.50. The van der Waals surface area contributed by atoms with Crippen molar-refractivity contribution in [3.8, 4) is 0 Å². The summed E-state index contributed by atoms with van der Waals surface area (Å²) in [5, 5.41) is 1.91. The molecule has 0 saturated carbocycles. The zero-order valence-corrected chi connectivity index (χ0v) is 14.4. The minimum Gasteiger partial charge on any atom is -0.328 e. The highest BCUT2D eigenvalue weighted by molar-refractivity contribution is 6.06. The Morgan fingerprint density at radius 1 is 1.20 bits per heavy atom. The van der Waals surface area contributed by atoms with Crippen molar-refractivity contribution in [2.24, 2.45) is 5.92 Å². The first-order chi connectivity index (χ1) is 12.1. The minimum absolute atomic E-state index is 0.0280. The van der Waals surface area contributed by atoms with E-state index in [0.717, 1.165) is 34.3 Å². The smallest absolute Gasteiger partial charge is 0.255 e. The van der Waals surface area contributed by atoms with Gasteiger partial charge in [0.05, 0.1) is 12.2 Å². The summed E-state index contributed by atoms with van der Waals surface area (Å²) < 4.78 is 0. The molecule has 4 rings (SSSR count). The zero-order chi connectivity index (χ0) is 17.4. The molecule has 0 atom stereocenters. The number of amides is 1. The molecule has 3 heterocycles. The summed E-state index contributed by atoms with van der Waals surface area (Å²) in [6.45, 7) is 5.42. The first-order valence-corrected chi connectivity index (χ1v) is 8.57. The molecule has 0 aliphatic carbocycles. The second-order valence-electron chi connectivity index (χ2n) is 6.92. The van der Waals surface area contributed by atoms with Gasteiger partial charge in [-0.2, -0.15) is 0 Å². The van der Waals surface area contributed by atoms with Crippen molar-refractivity contribution in [3.05, 3.63) is 65.5 Å². The largest absolute Gasteiger partial charge is 0.328 e. The lowest BCUT2D eigenvalue weighted by molar-refractivity contribution is 0.0752. The number of hydrogen-bond acceptors (Lipinski definition) is 4. The summed E-state index contributed by atoms with van der Waals surface area (Å²) in [7, 11) is 0.